The second-order valence-corrected chi connectivity index (χ2v) is 12.2. The molecule has 2 unspecified atom stereocenters. The summed E-state index contributed by atoms with van der Waals surface area (Å²) in [5, 5.41) is 16.1. The van der Waals surface area contributed by atoms with Gasteiger partial charge in [0.2, 0.25) is 11.8 Å². The van der Waals surface area contributed by atoms with Crippen LogP contribution in [0.4, 0.5) is 4.79 Å². The van der Waals surface area contributed by atoms with Crippen molar-refractivity contribution in [1.82, 2.24) is 15.6 Å². The summed E-state index contributed by atoms with van der Waals surface area (Å²) in [4.78, 5) is 30.2. The Hall–Kier alpha value is -3.44. The van der Waals surface area contributed by atoms with E-state index in [0.717, 1.165) is 0 Å². The van der Waals surface area contributed by atoms with Gasteiger partial charge in [0.1, 0.15) is 17.2 Å². The lowest BCUT2D eigenvalue weighted by Gasteiger charge is -2.26. The lowest BCUT2D eigenvalue weighted by atomic mass is 10.0. The van der Waals surface area contributed by atoms with Gasteiger partial charge in [0.25, 0.3) is 0 Å². The summed E-state index contributed by atoms with van der Waals surface area (Å²) >= 11 is 0. The lowest BCUT2D eigenvalue weighted by molar-refractivity contribution is -0.124. The summed E-state index contributed by atoms with van der Waals surface area (Å²) < 4.78 is 36.9. The van der Waals surface area contributed by atoms with E-state index in [1.54, 1.807) is 75.4 Å². The van der Waals surface area contributed by atoms with Gasteiger partial charge in [0.05, 0.1) is 17.5 Å². The van der Waals surface area contributed by atoms with Gasteiger partial charge in [-0.15, -0.1) is 0 Å². The average Bonchev–Trinajstić information content (AvgIpc) is 3.26. The fourth-order valence-electron chi connectivity index (χ4n) is 3.87. The molecule has 3 aromatic rings. The molecule has 0 saturated carbocycles. The van der Waals surface area contributed by atoms with Gasteiger partial charge in [-0.2, -0.15) is 0 Å². The molecule has 3 atom stereocenters. The van der Waals surface area contributed by atoms with Crippen LogP contribution in [0.15, 0.2) is 59.0 Å². The number of rotatable bonds is 11. The maximum absolute atomic E-state index is 13.4. The fraction of sp³-hybridized carbons (Fsp3) is 0.444. The number of nitrogens with zero attached hydrogens (tertiary/aromatic N) is 1. The number of carbonyl (C=O) groups excluding carboxylic acids is 2. The normalized spacial score (nSPS) is 14.4. The molecule has 0 radical (unpaired) electrons. The molecule has 3 N–H and O–H groups in total. The van der Waals surface area contributed by atoms with Crippen molar-refractivity contribution in [3.05, 3.63) is 66.1 Å². The number of aliphatic hydroxyl groups is 1. The Morgan fingerprint density at radius 2 is 1.71 bits per heavy atom. The highest BCUT2D eigenvalue weighted by Gasteiger charge is 2.33. The molecule has 3 rings (SSSR count). The van der Waals surface area contributed by atoms with Crippen molar-refractivity contribution in [1.29, 1.82) is 0 Å². The highest BCUT2D eigenvalue weighted by atomic mass is 32.2. The Morgan fingerprint density at radius 3 is 2.34 bits per heavy atom. The van der Waals surface area contributed by atoms with E-state index in [0.29, 0.717) is 29.5 Å². The van der Waals surface area contributed by atoms with E-state index < -0.39 is 51.4 Å². The number of para-hydroxylation sites is 2. The predicted molar refractivity (Wildman–Crippen MR) is 143 cm³/mol. The zero-order valence-corrected chi connectivity index (χ0v) is 22.8. The van der Waals surface area contributed by atoms with Crippen LogP contribution < -0.4 is 10.6 Å². The number of hydrogen-bond acceptors (Lipinski definition) is 8. The summed E-state index contributed by atoms with van der Waals surface area (Å²) in [7, 11) is -3.83. The van der Waals surface area contributed by atoms with Gasteiger partial charge in [-0.05, 0) is 44.9 Å². The molecular formula is C27H35N3O7S. The minimum atomic E-state index is -3.83. The number of hydrogen-bond donors (Lipinski definition) is 3. The Balaban J connectivity index is 1.81. The van der Waals surface area contributed by atoms with Crippen molar-refractivity contribution < 1.29 is 32.3 Å². The SMILES string of the molecule is CCCC(NC(=O)C(CS(=O)(=O)Cc1ccccc1)NC(=O)OC(C)(C)C)[C@@H](O)c1nc2ccccc2o1. The number of oxazole rings is 1. The number of aromatic nitrogens is 1. The number of benzene rings is 2. The van der Waals surface area contributed by atoms with Crippen LogP contribution in [0.25, 0.3) is 11.1 Å². The van der Waals surface area contributed by atoms with Crippen LogP contribution in [0.5, 0.6) is 0 Å². The molecule has 0 spiro atoms. The van der Waals surface area contributed by atoms with E-state index in [4.69, 9.17) is 9.15 Å². The monoisotopic (exact) mass is 545 g/mol. The third-order valence-electron chi connectivity index (χ3n) is 5.53. The van der Waals surface area contributed by atoms with Gasteiger partial charge in [-0.25, -0.2) is 18.2 Å². The highest BCUT2D eigenvalue weighted by molar-refractivity contribution is 7.90. The largest absolute Gasteiger partial charge is 0.444 e. The standard InChI is InChI=1S/C27H35N3O7S/c1-5-11-20(23(31)25-29-19-14-9-10-15-22(19)36-25)28-24(32)21(30-26(33)37-27(2,3)4)17-38(34,35)16-18-12-7-6-8-13-18/h6-10,12-15,20-21,23,31H,5,11,16-17H2,1-4H3,(H,28,32)(H,30,33)/t20?,21?,23-/m1/s1. The van der Waals surface area contributed by atoms with Crippen LogP contribution in [0.3, 0.4) is 0 Å². The summed E-state index contributed by atoms with van der Waals surface area (Å²) in [6.45, 7) is 6.84. The number of ether oxygens (including phenoxy) is 1. The maximum atomic E-state index is 13.4. The molecule has 11 heteroatoms. The Morgan fingerprint density at radius 1 is 1.05 bits per heavy atom. The molecule has 38 heavy (non-hydrogen) atoms. The smallest absolute Gasteiger partial charge is 0.408 e. The van der Waals surface area contributed by atoms with Crippen LogP contribution in [0.1, 0.15) is 58.1 Å². The number of alkyl carbamates (subject to hydrolysis) is 1. The Kier molecular flexibility index (Phi) is 9.50. The van der Waals surface area contributed by atoms with Crippen LogP contribution in [0.2, 0.25) is 0 Å². The molecule has 1 aromatic heterocycles. The van der Waals surface area contributed by atoms with Crippen molar-refractivity contribution >= 4 is 32.9 Å². The van der Waals surface area contributed by atoms with Crippen molar-refractivity contribution in [2.75, 3.05) is 5.75 Å². The number of carbonyl (C=O) groups is 2. The molecule has 0 saturated heterocycles. The van der Waals surface area contributed by atoms with E-state index >= 15 is 0 Å². The number of fused-ring (bicyclic) bond motifs is 1. The zero-order valence-electron chi connectivity index (χ0n) is 22.0. The number of nitrogens with one attached hydrogen (secondary N) is 2. The summed E-state index contributed by atoms with van der Waals surface area (Å²) in [5.74, 6) is -1.72. The van der Waals surface area contributed by atoms with Crippen LogP contribution in [-0.2, 0) is 25.1 Å². The second-order valence-electron chi connectivity index (χ2n) is 10.1. The molecule has 206 valence electrons. The Bertz CT molecular complexity index is 1300. The molecule has 0 aliphatic rings. The van der Waals surface area contributed by atoms with Gasteiger partial charge in [0, 0.05) is 0 Å². The first-order valence-corrected chi connectivity index (χ1v) is 14.3. The van der Waals surface area contributed by atoms with Crippen LogP contribution in [0, 0.1) is 0 Å². The van der Waals surface area contributed by atoms with Crippen LogP contribution in [-0.4, -0.2) is 53.9 Å². The van der Waals surface area contributed by atoms with Gasteiger partial charge >= 0.3 is 6.09 Å². The first-order valence-electron chi connectivity index (χ1n) is 12.4. The molecule has 0 aliphatic heterocycles. The van der Waals surface area contributed by atoms with Gasteiger partial charge < -0.3 is 24.9 Å². The third-order valence-corrected chi connectivity index (χ3v) is 7.14. The second kappa shape index (κ2) is 12.4. The molecule has 0 aliphatic carbocycles. The lowest BCUT2D eigenvalue weighted by Crippen LogP contribution is -2.54. The van der Waals surface area contributed by atoms with Crippen molar-refractivity contribution in [2.24, 2.45) is 0 Å². The van der Waals surface area contributed by atoms with Gasteiger partial charge in [-0.3, -0.25) is 4.79 Å². The quantitative estimate of drug-likeness (QED) is 0.331. The minimum absolute atomic E-state index is 0.0262. The minimum Gasteiger partial charge on any atom is -0.444 e. The van der Waals surface area contributed by atoms with Crippen LogP contribution >= 0.6 is 0 Å². The number of aliphatic hydroxyl groups excluding tert-OH is 1. The van der Waals surface area contributed by atoms with E-state index in [-0.39, 0.29) is 11.6 Å². The van der Waals surface area contributed by atoms with Crippen molar-refractivity contribution in [2.45, 2.75) is 70.1 Å². The topological polar surface area (TPSA) is 148 Å². The first-order chi connectivity index (χ1) is 17.9. The fourth-order valence-corrected chi connectivity index (χ4v) is 5.43. The molecule has 10 nitrogen and oxygen atoms in total. The van der Waals surface area contributed by atoms with Crippen molar-refractivity contribution in [3.8, 4) is 0 Å². The third kappa shape index (κ3) is 8.56. The summed E-state index contributed by atoms with van der Waals surface area (Å²) in [6, 6.07) is 13.2. The number of amides is 2. The maximum Gasteiger partial charge on any atom is 0.408 e. The zero-order chi connectivity index (χ0) is 27.9. The van der Waals surface area contributed by atoms with Gasteiger partial charge in [0.15, 0.2) is 21.5 Å². The molecule has 0 fully saturated rings. The van der Waals surface area contributed by atoms with E-state index in [2.05, 4.69) is 15.6 Å². The van der Waals surface area contributed by atoms with Crippen molar-refractivity contribution in [3.63, 3.8) is 0 Å². The summed E-state index contributed by atoms with van der Waals surface area (Å²) in [5.41, 5.74) is 0.737. The van der Waals surface area contributed by atoms with Gasteiger partial charge in [-0.1, -0.05) is 55.8 Å². The Labute approximate surface area is 222 Å². The average molecular weight is 546 g/mol. The molecule has 0 bridgehead atoms. The molecule has 1 heterocycles. The van der Waals surface area contributed by atoms with E-state index in [9.17, 15) is 23.1 Å². The van der Waals surface area contributed by atoms with E-state index in [1.165, 1.54) is 0 Å². The number of sulfone groups is 1. The molecule has 2 aromatic carbocycles. The summed E-state index contributed by atoms with van der Waals surface area (Å²) in [6.07, 6.45) is -1.28. The molecule has 2 amide bonds. The predicted octanol–water partition coefficient (Wildman–Crippen LogP) is 3.65. The molecular weight excluding hydrogens is 510 g/mol. The van der Waals surface area contributed by atoms with E-state index in [1.807, 2.05) is 6.92 Å². The first kappa shape index (κ1) is 29.1. The highest BCUT2D eigenvalue weighted by Crippen LogP contribution is 2.24.